The number of esters is 1. The molecular weight excluding hydrogens is 266 g/mol. The Morgan fingerprint density at radius 3 is 3.00 bits per heavy atom. The van der Waals surface area contributed by atoms with Crippen LogP contribution in [0.25, 0.3) is 0 Å². The molecule has 1 atom stereocenters. The summed E-state index contributed by atoms with van der Waals surface area (Å²) in [6, 6.07) is 7.42. The molecule has 0 amide bonds. The number of likely N-dealkylation sites (tertiary alicyclic amines) is 1. The smallest absolute Gasteiger partial charge is 0.310 e. The molecule has 1 fully saturated rings. The Balaban J connectivity index is 1.73. The first kappa shape index (κ1) is 14.2. The van der Waals surface area contributed by atoms with E-state index in [2.05, 4.69) is 4.90 Å². The lowest BCUT2D eigenvalue weighted by atomic mass is 10.1. The zero-order chi connectivity index (χ0) is 13.7. The molecule has 0 aromatic heterocycles. The first-order chi connectivity index (χ1) is 9.20. The molecule has 1 aromatic carbocycles. The minimum Gasteiger partial charge on any atom is -0.491 e. The first-order valence-corrected chi connectivity index (χ1v) is 6.76. The van der Waals surface area contributed by atoms with Crippen LogP contribution >= 0.6 is 11.6 Å². The fraction of sp³-hybridized carbons (Fsp3) is 0.500. The van der Waals surface area contributed by atoms with E-state index in [0.717, 1.165) is 26.1 Å². The van der Waals surface area contributed by atoms with Crippen molar-refractivity contribution in [3.8, 4) is 5.75 Å². The van der Waals surface area contributed by atoms with E-state index in [4.69, 9.17) is 21.1 Å². The van der Waals surface area contributed by atoms with Crippen LogP contribution in [0.2, 0.25) is 5.02 Å². The highest BCUT2D eigenvalue weighted by atomic mass is 35.5. The predicted octanol–water partition coefficient (Wildman–Crippen LogP) is 2.21. The number of carbonyl (C=O) groups is 1. The van der Waals surface area contributed by atoms with Crippen molar-refractivity contribution in [1.29, 1.82) is 0 Å². The van der Waals surface area contributed by atoms with Crippen molar-refractivity contribution in [3.05, 3.63) is 29.3 Å². The quantitative estimate of drug-likeness (QED) is 0.777. The molecule has 1 aliphatic heterocycles. The van der Waals surface area contributed by atoms with Gasteiger partial charge in [-0.2, -0.15) is 0 Å². The van der Waals surface area contributed by atoms with Crippen molar-refractivity contribution < 1.29 is 14.3 Å². The van der Waals surface area contributed by atoms with E-state index < -0.39 is 0 Å². The molecule has 104 valence electrons. The highest BCUT2D eigenvalue weighted by molar-refractivity contribution is 6.32. The maximum Gasteiger partial charge on any atom is 0.310 e. The van der Waals surface area contributed by atoms with Gasteiger partial charge in [-0.15, -0.1) is 0 Å². The van der Waals surface area contributed by atoms with Crippen LogP contribution in [0, 0.1) is 5.92 Å². The lowest BCUT2D eigenvalue weighted by Gasteiger charge is -2.16. The van der Waals surface area contributed by atoms with Crippen molar-refractivity contribution >= 4 is 17.6 Å². The Morgan fingerprint density at radius 1 is 1.47 bits per heavy atom. The number of nitrogens with zero attached hydrogens (tertiary/aromatic N) is 1. The third-order valence-electron chi connectivity index (χ3n) is 3.31. The Hall–Kier alpha value is -1.26. The van der Waals surface area contributed by atoms with Crippen molar-refractivity contribution in [2.45, 2.75) is 6.42 Å². The van der Waals surface area contributed by atoms with Crippen molar-refractivity contribution in [1.82, 2.24) is 4.90 Å². The number of hydrogen-bond donors (Lipinski definition) is 0. The number of halogens is 1. The van der Waals surface area contributed by atoms with E-state index in [1.165, 1.54) is 7.11 Å². The van der Waals surface area contributed by atoms with Crippen LogP contribution in [-0.2, 0) is 9.53 Å². The lowest BCUT2D eigenvalue weighted by Crippen LogP contribution is -2.28. The Labute approximate surface area is 118 Å². The maximum atomic E-state index is 11.4. The summed E-state index contributed by atoms with van der Waals surface area (Å²) in [5, 5.41) is 0.622. The molecule has 1 unspecified atom stereocenters. The van der Waals surface area contributed by atoms with Gasteiger partial charge in [0.25, 0.3) is 0 Å². The minimum atomic E-state index is -0.116. The van der Waals surface area contributed by atoms with Gasteiger partial charge in [-0.25, -0.2) is 0 Å². The summed E-state index contributed by atoms with van der Waals surface area (Å²) < 4.78 is 10.4. The van der Waals surface area contributed by atoms with Gasteiger partial charge in [0.1, 0.15) is 12.4 Å². The molecule has 0 saturated carbocycles. The second-order valence-electron chi connectivity index (χ2n) is 4.59. The van der Waals surface area contributed by atoms with Gasteiger partial charge in [0, 0.05) is 13.1 Å². The number of hydrogen-bond acceptors (Lipinski definition) is 4. The van der Waals surface area contributed by atoms with Crippen molar-refractivity contribution in [2.75, 3.05) is 33.4 Å². The Morgan fingerprint density at radius 2 is 2.26 bits per heavy atom. The van der Waals surface area contributed by atoms with Gasteiger partial charge < -0.3 is 9.47 Å². The van der Waals surface area contributed by atoms with Crippen molar-refractivity contribution in [3.63, 3.8) is 0 Å². The number of para-hydroxylation sites is 1. The molecule has 0 spiro atoms. The number of benzene rings is 1. The Bertz CT molecular complexity index is 438. The van der Waals surface area contributed by atoms with Crippen molar-refractivity contribution in [2.24, 2.45) is 5.92 Å². The normalized spacial score (nSPS) is 19.4. The number of methoxy groups -OCH3 is 1. The molecule has 1 aromatic rings. The molecular formula is C14H18ClNO3. The minimum absolute atomic E-state index is 0.00492. The van der Waals surface area contributed by atoms with Gasteiger partial charge in [0.2, 0.25) is 0 Å². The van der Waals surface area contributed by atoms with Gasteiger partial charge in [-0.1, -0.05) is 23.7 Å². The molecule has 0 aliphatic carbocycles. The van der Waals surface area contributed by atoms with E-state index in [1.54, 1.807) is 6.07 Å². The topological polar surface area (TPSA) is 38.8 Å². The number of ether oxygens (including phenoxy) is 2. The fourth-order valence-corrected chi connectivity index (χ4v) is 2.43. The standard InChI is InChI=1S/C14H18ClNO3/c1-18-14(17)11-6-7-16(10-11)8-9-19-13-5-3-2-4-12(13)15/h2-5,11H,6-10H2,1H3. The maximum absolute atomic E-state index is 11.4. The molecule has 4 nitrogen and oxygen atoms in total. The summed E-state index contributed by atoms with van der Waals surface area (Å²) in [5.41, 5.74) is 0. The highest BCUT2D eigenvalue weighted by Gasteiger charge is 2.28. The van der Waals surface area contributed by atoms with Crippen LogP contribution < -0.4 is 4.74 Å². The van der Waals surface area contributed by atoms with E-state index in [0.29, 0.717) is 17.4 Å². The SMILES string of the molecule is COC(=O)C1CCN(CCOc2ccccc2Cl)C1. The van der Waals surface area contributed by atoms with Crippen LogP contribution in [0.1, 0.15) is 6.42 Å². The van der Waals surface area contributed by atoms with E-state index >= 15 is 0 Å². The summed E-state index contributed by atoms with van der Waals surface area (Å²) in [7, 11) is 1.44. The van der Waals surface area contributed by atoms with Gasteiger partial charge >= 0.3 is 5.97 Å². The molecule has 19 heavy (non-hydrogen) atoms. The number of carbonyl (C=O) groups excluding carboxylic acids is 1. The molecule has 1 saturated heterocycles. The van der Waals surface area contributed by atoms with E-state index in [9.17, 15) is 4.79 Å². The molecule has 0 radical (unpaired) electrons. The average Bonchev–Trinajstić information content (AvgIpc) is 2.89. The molecule has 5 heteroatoms. The van der Waals surface area contributed by atoms with Crippen LogP contribution in [0.3, 0.4) is 0 Å². The van der Waals surface area contributed by atoms with Gasteiger partial charge in [0.15, 0.2) is 0 Å². The summed E-state index contributed by atoms with van der Waals surface area (Å²) in [6.07, 6.45) is 0.860. The summed E-state index contributed by atoms with van der Waals surface area (Å²) in [6.45, 7) is 3.01. The highest BCUT2D eigenvalue weighted by Crippen LogP contribution is 2.23. The van der Waals surface area contributed by atoms with Gasteiger partial charge in [0.05, 0.1) is 18.1 Å². The van der Waals surface area contributed by atoms with Crippen LogP contribution in [0.4, 0.5) is 0 Å². The monoisotopic (exact) mass is 283 g/mol. The molecule has 2 rings (SSSR count). The predicted molar refractivity (Wildman–Crippen MR) is 73.5 cm³/mol. The molecule has 1 aliphatic rings. The fourth-order valence-electron chi connectivity index (χ4n) is 2.24. The molecule has 0 bridgehead atoms. The van der Waals surface area contributed by atoms with Crippen LogP contribution in [-0.4, -0.2) is 44.2 Å². The number of rotatable bonds is 5. The van der Waals surface area contributed by atoms with E-state index in [-0.39, 0.29) is 11.9 Å². The largest absolute Gasteiger partial charge is 0.491 e. The van der Waals surface area contributed by atoms with Gasteiger partial charge in [-0.05, 0) is 25.1 Å². The summed E-state index contributed by atoms with van der Waals surface area (Å²) >= 11 is 6.00. The zero-order valence-corrected chi connectivity index (χ0v) is 11.7. The second-order valence-corrected chi connectivity index (χ2v) is 5.00. The Kier molecular flexibility index (Phi) is 5.05. The molecule has 1 heterocycles. The molecule has 0 N–H and O–H groups in total. The van der Waals surface area contributed by atoms with E-state index in [1.807, 2.05) is 18.2 Å². The summed E-state index contributed by atoms with van der Waals surface area (Å²) in [4.78, 5) is 13.6. The second kappa shape index (κ2) is 6.78. The van der Waals surface area contributed by atoms with Gasteiger partial charge in [-0.3, -0.25) is 9.69 Å². The van der Waals surface area contributed by atoms with Crippen LogP contribution in [0.5, 0.6) is 5.75 Å². The third-order valence-corrected chi connectivity index (χ3v) is 3.62. The first-order valence-electron chi connectivity index (χ1n) is 6.38. The summed E-state index contributed by atoms with van der Waals surface area (Å²) in [5.74, 6) is 0.590. The third kappa shape index (κ3) is 3.85. The van der Waals surface area contributed by atoms with Crippen LogP contribution in [0.15, 0.2) is 24.3 Å². The lowest BCUT2D eigenvalue weighted by molar-refractivity contribution is -0.144. The average molecular weight is 284 g/mol. The zero-order valence-electron chi connectivity index (χ0n) is 11.0.